The Hall–Kier alpha value is -3.59. The number of hydrogen-bond donors (Lipinski definition) is 2. The number of anilines is 2. The van der Waals surface area contributed by atoms with Crippen LogP contribution in [-0.4, -0.2) is 40.3 Å². The van der Waals surface area contributed by atoms with Crippen molar-refractivity contribution in [3.8, 4) is 5.69 Å². The number of ether oxygens (including phenoxy) is 1. The van der Waals surface area contributed by atoms with Gasteiger partial charge in [-0.05, 0) is 56.7 Å². The average Bonchev–Trinajstić information content (AvgIpc) is 3.11. The molecule has 0 atom stereocenters. The highest BCUT2D eigenvalue weighted by atomic mass is 16.5. The van der Waals surface area contributed by atoms with Gasteiger partial charge in [-0.2, -0.15) is 0 Å². The second-order valence-electron chi connectivity index (χ2n) is 7.59. The van der Waals surface area contributed by atoms with Crippen LogP contribution in [0, 0.1) is 13.8 Å². The van der Waals surface area contributed by atoms with Crippen LogP contribution in [-0.2, 0) is 11.3 Å². The van der Waals surface area contributed by atoms with Crippen molar-refractivity contribution >= 4 is 17.4 Å². The Bertz CT molecular complexity index is 1200. The smallest absolute Gasteiger partial charge is 0.330 e. The van der Waals surface area contributed by atoms with E-state index >= 15 is 0 Å². The van der Waals surface area contributed by atoms with Gasteiger partial charge < -0.3 is 15.0 Å². The monoisotopic (exact) mass is 439 g/mol. The second-order valence-corrected chi connectivity index (χ2v) is 7.59. The van der Waals surface area contributed by atoms with Gasteiger partial charge in [-0.3, -0.25) is 24.0 Å². The Kier molecular flexibility index (Phi) is 6.99. The predicted octanol–water partition coefficient (Wildman–Crippen LogP) is 2.23. The number of nitrogens with two attached hydrogens (primary N) is 1. The molecular weight excluding hydrogens is 410 g/mol. The fraction of sp³-hybridized carbons (Fsp3) is 0.348. The minimum atomic E-state index is -0.709. The van der Waals surface area contributed by atoms with E-state index in [2.05, 4.69) is 9.55 Å². The normalized spacial score (nSPS) is 11.0. The lowest BCUT2D eigenvalue weighted by Crippen LogP contribution is -2.42. The highest BCUT2D eigenvalue weighted by Gasteiger charge is 2.25. The number of carbonyl (C=O) groups is 1. The Labute approximate surface area is 186 Å². The van der Waals surface area contributed by atoms with Crippen LogP contribution in [0.3, 0.4) is 0 Å². The SMILES string of the molecule is CCCn1c(N)c(N(CCOC)C(=O)c2ccc(-n3c(C)ccc3C)cc2)c(=O)[nH]c1=O. The van der Waals surface area contributed by atoms with Gasteiger partial charge in [-0.15, -0.1) is 0 Å². The first-order chi connectivity index (χ1) is 15.3. The van der Waals surface area contributed by atoms with Crippen molar-refractivity contribution in [1.82, 2.24) is 14.1 Å². The highest BCUT2D eigenvalue weighted by Crippen LogP contribution is 2.21. The number of nitrogens with zero attached hydrogens (tertiary/aromatic N) is 3. The topological polar surface area (TPSA) is 115 Å². The molecule has 0 spiro atoms. The van der Waals surface area contributed by atoms with E-state index in [0.29, 0.717) is 18.5 Å². The van der Waals surface area contributed by atoms with Crippen LogP contribution in [0.4, 0.5) is 11.5 Å². The van der Waals surface area contributed by atoms with E-state index in [0.717, 1.165) is 17.1 Å². The van der Waals surface area contributed by atoms with Crippen molar-refractivity contribution in [3.05, 3.63) is 74.2 Å². The van der Waals surface area contributed by atoms with Gasteiger partial charge >= 0.3 is 5.69 Å². The molecule has 2 aromatic heterocycles. The largest absolute Gasteiger partial charge is 0.383 e. The summed E-state index contributed by atoms with van der Waals surface area (Å²) in [6.07, 6.45) is 0.640. The maximum Gasteiger partial charge on any atom is 0.330 e. The molecule has 0 radical (unpaired) electrons. The van der Waals surface area contributed by atoms with E-state index in [1.807, 2.05) is 45.0 Å². The summed E-state index contributed by atoms with van der Waals surface area (Å²) < 4.78 is 8.49. The van der Waals surface area contributed by atoms with Gasteiger partial charge in [0.2, 0.25) is 0 Å². The van der Waals surface area contributed by atoms with Gasteiger partial charge in [-0.25, -0.2) is 4.79 Å². The Balaban J connectivity index is 2.04. The summed E-state index contributed by atoms with van der Waals surface area (Å²) >= 11 is 0. The van der Waals surface area contributed by atoms with Gasteiger partial charge in [0, 0.05) is 42.8 Å². The first kappa shape index (κ1) is 23.1. The van der Waals surface area contributed by atoms with Crippen LogP contribution in [0.15, 0.2) is 46.0 Å². The lowest BCUT2D eigenvalue weighted by atomic mass is 10.1. The summed E-state index contributed by atoms with van der Waals surface area (Å²) in [5.41, 5.74) is 8.31. The summed E-state index contributed by atoms with van der Waals surface area (Å²) in [5, 5.41) is 0. The molecular formula is C23H29N5O4. The molecule has 0 fully saturated rings. The van der Waals surface area contributed by atoms with Gasteiger partial charge in [0.1, 0.15) is 5.82 Å². The van der Waals surface area contributed by atoms with Gasteiger partial charge in [-0.1, -0.05) is 6.92 Å². The lowest BCUT2D eigenvalue weighted by Gasteiger charge is -2.24. The average molecular weight is 440 g/mol. The van der Waals surface area contributed by atoms with E-state index in [4.69, 9.17) is 10.5 Å². The Morgan fingerprint density at radius 1 is 1.09 bits per heavy atom. The third-order valence-electron chi connectivity index (χ3n) is 5.34. The molecule has 1 aromatic carbocycles. The zero-order valence-electron chi connectivity index (χ0n) is 18.8. The molecule has 3 N–H and O–H groups in total. The van der Waals surface area contributed by atoms with Crippen LogP contribution in [0.2, 0.25) is 0 Å². The van der Waals surface area contributed by atoms with Gasteiger partial charge in [0.15, 0.2) is 5.69 Å². The van der Waals surface area contributed by atoms with E-state index < -0.39 is 17.2 Å². The van der Waals surface area contributed by atoms with E-state index in [9.17, 15) is 14.4 Å². The summed E-state index contributed by atoms with van der Waals surface area (Å²) in [7, 11) is 1.50. The Morgan fingerprint density at radius 3 is 2.28 bits per heavy atom. The Morgan fingerprint density at radius 2 is 1.72 bits per heavy atom. The molecule has 0 aliphatic heterocycles. The number of aromatic amines is 1. The lowest BCUT2D eigenvalue weighted by molar-refractivity contribution is 0.0975. The first-order valence-corrected chi connectivity index (χ1v) is 10.5. The predicted molar refractivity (Wildman–Crippen MR) is 125 cm³/mol. The number of nitrogen functional groups attached to an aromatic ring is 1. The van der Waals surface area contributed by atoms with Crippen LogP contribution in [0.5, 0.6) is 0 Å². The summed E-state index contributed by atoms with van der Waals surface area (Å²) in [4.78, 5) is 41.8. The molecule has 0 saturated heterocycles. The number of hydrogen-bond acceptors (Lipinski definition) is 5. The van der Waals surface area contributed by atoms with Crippen molar-refractivity contribution < 1.29 is 9.53 Å². The molecule has 0 aliphatic carbocycles. The minimum Gasteiger partial charge on any atom is -0.383 e. The van der Waals surface area contributed by atoms with E-state index in [1.165, 1.54) is 16.6 Å². The third kappa shape index (κ3) is 4.38. The van der Waals surface area contributed by atoms with Crippen molar-refractivity contribution in [3.63, 3.8) is 0 Å². The quantitative estimate of drug-likeness (QED) is 0.558. The molecule has 0 saturated carbocycles. The standard InChI is InChI=1S/C23H29N5O4/c1-5-12-27-20(24)19(21(29)25-23(27)31)26(13-14-32-4)22(30)17-8-10-18(11-9-17)28-15(2)6-7-16(28)3/h6-11H,5,12-14,24H2,1-4H3,(H,25,29,31). The van der Waals surface area contributed by atoms with Crippen LogP contribution in [0.25, 0.3) is 5.69 Å². The molecule has 32 heavy (non-hydrogen) atoms. The number of amides is 1. The van der Waals surface area contributed by atoms with Crippen molar-refractivity contribution in [2.75, 3.05) is 30.9 Å². The van der Waals surface area contributed by atoms with Gasteiger partial charge in [0.25, 0.3) is 11.5 Å². The van der Waals surface area contributed by atoms with Crippen LogP contribution < -0.4 is 21.9 Å². The van der Waals surface area contributed by atoms with E-state index in [1.54, 1.807) is 12.1 Å². The minimum absolute atomic E-state index is 0.0414. The molecule has 170 valence electrons. The molecule has 0 aliphatic rings. The number of carbonyl (C=O) groups excluding carboxylic acids is 1. The molecule has 0 bridgehead atoms. The maximum atomic E-state index is 13.4. The fourth-order valence-electron chi connectivity index (χ4n) is 3.77. The van der Waals surface area contributed by atoms with E-state index in [-0.39, 0.29) is 24.7 Å². The molecule has 9 heteroatoms. The molecule has 1 amide bonds. The fourth-order valence-corrected chi connectivity index (χ4v) is 3.77. The van der Waals surface area contributed by atoms with Crippen LogP contribution in [0.1, 0.15) is 35.1 Å². The summed E-state index contributed by atoms with van der Waals surface area (Å²) in [5.74, 6) is -0.450. The number of aromatic nitrogens is 3. The number of benzene rings is 1. The second kappa shape index (κ2) is 9.69. The van der Waals surface area contributed by atoms with Crippen LogP contribution >= 0.6 is 0 Å². The summed E-state index contributed by atoms with van der Waals surface area (Å²) in [6.45, 7) is 6.53. The zero-order valence-corrected chi connectivity index (χ0v) is 18.8. The number of nitrogens with one attached hydrogen (secondary N) is 1. The molecule has 0 unspecified atom stereocenters. The van der Waals surface area contributed by atoms with Crippen molar-refractivity contribution in [2.24, 2.45) is 0 Å². The number of rotatable bonds is 8. The van der Waals surface area contributed by atoms with Crippen molar-refractivity contribution in [1.29, 1.82) is 0 Å². The zero-order chi connectivity index (χ0) is 23.4. The number of H-pyrrole nitrogens is 1. The number of aryl methyl sites for hydroxylation is 2. The molecule has 3 rings (SSSR count). The first-order valence-electron chi connectivity index (χ1n) is 10.5. The molecule has 9 nitrogen and oxygen atoms in total. The highest BCUT2D eigenvalue weighted by molar-refractivity contribution is 6.07. The number of methoxy groups -OCH3 is 1. The van der Waals surface area contributed by atoms with Gasteiger partial charge in [0.05, 0.1) is 6.61 Å². The molecule has 2 heterocycles. The van der Waals surface area contributed by atoms with Crippen molar-refractivity contribution in [2.45, 2.75) is 33.7 Å². The maximum absolute atomic E-state index is 13.4. The summed E-state index contributed by atoms with van der Waals surface area (Å²) in [6, 6.07) is 11.2. The molecule has 3 aromatic rings. The third-order valence-corrected chi connectivity index (χ3v) is 5.34.